The highest BCUT2D eigenvalue weighted by atomic mass is 32.1. The first-order valence-corrected chi connectivity index (χ1v) is 5.28. The molecule has 0 aliphatic rings. The van der Waals surface area contributed by atoms with Gasteiger partial charge in [-0.15, -0.1) is 24.0 Å². The first kappa shape index (κ1) is 9.85. The lowest BCUT2D eigenvalue weighted by atomic mass is 9.79. The lowest BCUT2D eigenvalue weighted by molar-refractivity contribution is 0.425. The molecule has 0 unspecified atom stereocenters. The minimum Gasteiger partial charge on any atom is -0.423 e. The van der Waals surface area contributed by atoms with Gasteiger partial charge >= 0.3 is 7.12 Å². The van der Waals surface area contributed by atoms with E-state index in [2.05, 4.69) is 12.6 Å². The van der Waals surface area contributed by atoms with Gasteiger partial charge in [0.25, 0.3) is 0 Å². The second kappa shape index (κ2) is 3.47. The molecule has 0 atom stereocenters. The van der Waals surface area contributed by atoms with E-state index in [-0.39, 0.29) is 0 Å². The van der Waals surface area contributed by atoms with Crippen LogP contribution in [0.1, 0.15) is 0 Å². The molecule has 2 aromatic rings. The van der Waals surface area contributed by atoms with Crippen molar-refractivity contribution >= 4 is 52.3 Å². The molecule has 0 spiro atoms. The Hall–Kier alpha value is -0.685. The molecule has 4 N–H and O–H groups in total. The molecular weight excluding hydrogens is 217 g/mol. The van der Waals surface area contributed by atoms with Crippen LogP contribution in [0.2, 0.25) is 0 Å². The Kier molecular flexibility index (Phi) is 2.44. The zero-order valence-corrected chi connectivity index (χ0v) is 8.85. The van der Waals surface area contributed by atoms with Gasteiger partial charge in [0.05, 0.1) is 5.69 Å². The third-order valence-electron chi connectivity index (χ3n) is 2.08. The van der Waals surface area contributed by atoms with Crippen molar-refractivity contribution in [1.29, 1.82) is 0 Å². The summed E-state index contributed by atoms with van der Waals surface area (Å²) in [7, 11) is -1.53. The minimum absolute atomic E-state index is 0.348. The van der Waals surface area contributed by atoms with Gasteiger partial charge in [-0.2, -0.15) is 0 Å². The Morgan fingerprint density at radius 2 is 2.14 bits per heavy atom. The van der Waals surface area contributed by atoms with Crippen LogP contribution >= 0.6 is 24.0 Å². The SMILES string of the molecule is Nc1c(S)c(B(O)O)cc2sccc12. The van der Waals surface area contributed by atoms with Crippen molar-refractivity contribution < 1.29 is 10.0 Å². The summed E-state index contributed by atoms with van der Waals surface area (Å²) in [5, 5.41) is 21.0. The predicted octanol–water partition coefficient (Wildman–Crippen LogP) is 0.452. The summed E-state index contributed by atoms with van der Waals surface area (Å²) < 4.78 is 0.934. The molecule has 0 fully saturated rings. The summed E-state index contributed by atoms with van der Waals surface area (Å²) in [6.45, 7) is 0. The van der Waals surface area contributed by atoms with Crippen molar-refractivity contribution in [2.24, 2.45) is 0 Å². The number of fused-ring (bicyclic) bond motifs is 1. The highest BCUT2D eigenvalue weighted by Gasteiger charge is 2.18. The molecule has 0 amide bonds. The number of nitrogens with two attached hydrogens (primary N) is 1. The molecule has 0 aliphatic carbocycles. The van der Waals surface area contributed by atoms with E-state index in [0.717, 1.165) is 10.1 Å². The molecule has 0 radical (unpaired) electrons. The van der Waals surface area contributed by atoms with Gasteiger partial charge in [0.15, 0.2) is 0 Å². The van der Waals surface area contributed by atoms with E-state index in [1.165, 1.54) is 11.3 Å². The summed E-state index contributed by atoms with van der Waals surface area (Å²) in [5.41, 5.74) is 6.65. The smallest absolute Gasteiger partial charge is 0.423 e. The third-order valence-corrected chi connectivity index (χ3v) is 3.44. The zero-order valence-electron chi connectivity index (χ0n) is 7.14. The van der Waals surface area contributed by atoms with Crippen molar-refractivity contribution in [2.75, 3.05) is 5.73 Å². The fourth-order valence-electron chi connectivity index (χ4n) is 1.34. The first-order chi connectivity index (χ1) is 6.61. The molecule has 3 nitrogen and oxygen atoms in total. The summed E-state index contributed by atoms with van der Waals surface area (Å²) >= 11 is 5.67. The molecule has 1 aromatic carbocycles. The van der Waals surface area contributed by atoms with Crippen LogP contribution in [0.3, 0.4) is 0 Å². The van der Waals surface area contributed by atoms with Crippen molar-refractivity contribution in [3.05, 3.63) is 17.5 Å². The molecule has 0 aliphatic heterocycles. The normalized spacial score (nSPS) is 10.8. The molecular formula is C8H8BNO2S2. The monoisotopic (exact) mass is 225 g/mol. The minimum atomic E-state index is -1.53. The highest BCUT2D eigenvalue weighted by molar-refractivity contribution is 7.80. The van der Waals surface area contributed by atoms with Gasteiger partial charge in [-0.25, -0.2) is 0 Å². The number of nitrogen functional groups attached to an aromatic ring is 1. The number of thiophene rings is 1. The maximum absolute atomic E-state index is 9.08. The van der Waals surface area contributed by atoms with Crippen molar-refractivity contribution in [3.63, 3.8) is 0 Å². The fourth-order valence-corrected chi connectivity index (χ4v) is 2.50. The second-order valence-electron chi connectivity index (χ2n) is 2.93. The Morgan fingerprint density at radius 3 is 2.79 bits per heavy atom. The summed E-state index contributed by atoms with van der Waals surface area (Å²) in [6.07, 6.45) is 0. The molecule has 0 bridgehead atoms. The van der Waals surface area contributed by atoms with E-state index in [1.807, 2.05) is 11.4 Å². The summed E-state index contributed by atoms with van der Waals surface area (Å²) in [6, 6.07) is 3.59. The molecule has 0 saturated heterocycles. The Balaban J connectivity index is 2.80. The highest BCUT2D eigenvalue weighted by Crippen LogP contribution is 2.29. The van der Waals surface area contributed by atoms with Gasteiger partial charge in [0.2, 0.25) is 0 Å². The summed E-state index contributed by atoms with van der Waals surface area (Å²) in [4.78, 5) is 0.436. The van der Waals surface area contributed by atoms with Gasteiger partial charge < -0.3 is 15.8 Å². The van der Waals surface area contributed by atoms with Crippen LogP contribution < -0.4 is 11.2 Å². The predicted molar refractivity (Wildman–Crippen MR) is 63.3 cm³/mol. The molecule has 0 saturated carbocycles. The number of anilines is 1. The van der Waals surface area contributed by atoms with E-state index >= 15 is 0 Å². The second-order valence-corrected chi connectivity index (χ2v) is 4.33. The van der Waals surface area contributed by atoms with Crippen LogP contribution in [0.5, 0.6) is 0 Å². The van der Waals surface area contributed by atoms with Crippen LogP contribution in [0.15, 0.2) is 22.4 Å². The molecule has 6 heteroatoms. The maximum Gasteiger partial charge on any atom is 0.489 e. The average Bonchev–Trinajstić information content (AvgIpc) is 2.58. The van der Waals surface area contributed by atoms with Gasteiger partial charge in [-0.3, -0.25) is 0 Å². The van der Waals surface area contributed by atoms with Crippen LogP contribution in [0.4, 0.5) is 5.69 Å². The quantitative estimate of drug-likeness (QED) is 0.323. The topological polar surface area (TPSA) is 66.5 Å². The van der Waals surface area contributed by atoms with Crippen LogP contribution in [0, 0.1) is 0 Å². The van der Waals surface area contributed by atoms with E-state index in [1.54, 1.807) is 6.07 Å². The van der Waals surface area contributed by atoms with Crippen LogP contribution in [0.25, 0.3) is 10.1 Å². The maximum atomic E-state index is 9.08. The van der Waals surface area contributed by atoms with Crippen molar-refractivity contribution in [2.45, 2.75) is 4.90 Å². The lowest BCUT2D eigenvalue weighted by Gasteiger charge is -2.07. The number of hydrogen-bond donors (Lipinski definition) is 4. The van der Waals surface area contributed by atoms with Gasteiger partial charge in [0, 0.05) is 15.0 Å². The molecule has 14 heavy (non-hydrogen) atoms. The molecule has 1 aromatic heterocycles. The van der Waals surface area contributed by atoms with Gasteiger partial charge in [-0.05, 0) is 23.0 Å². The number of thiol groups is 1. The Bertz CT molecular complexity index is 483. The standard InChI is InChI=1S/C8H8BNO2S2/c10-7-4-1-2-14-6(4)3-5(8(7)13)9(11)12/h1-3,11-13H,10H2. The Labute approximate surface area is 90.7 Å². The number of hydrogen-bond acceptors (Lipinski definition) is 5. The van der Waals surface area contributed by atoms with Gasteiger partial charge in [-0.1, -0.05) is 0 Å². The Morgan fingerprint density at radius 1 is 1.43 bits per heavy atom. The average molecular weight is 225 g/mol. The lowest BCUT2D eigenvalue weighted by Crippen LogP contribution is -2.31. The largest absolute Gasteiger partial charge is 0.489 e. The van der Waals surface area contributed by atoms with Crippen molar-refractivity contribution in [3.8, 4) is 0 Å². The van der Waals surface area contributed by atoms with Crippen LogP contribution in [-0.4, -0.2) is 17.2 Å². The van der Waals surface area contributed by atoms with Crippen LogP contribution in [-0.2, 0) is 0 Å². The van der Waals surface area contributed by atoms with E-state index in [4.69, 9.17) is 15.8 Å². The molecule has 2 rings (SSSR count). The van der Waals surface area contributed by atoms with E-state index in [9.17, 15) is 0 Å². The van der Waals surface area contributed by atoms with E-state index < -0.39 is 7.12 Å². The van der Waals surface area contributed by atoms with E-state index in [0.29, 0.717) is 16.0 Å². The molecule has 72 valence electrons. The van der Waals surface area contributed by atoms with Gasteiger partial charge in [0.1, 0.15) is 0 Å². The third kappa shape index (κ3) is 1.40. The summed E-state index contributed by atoms with van der Waals surface area (Å²) in [5.74, 6) is 0. The number of rotatable bonds is 1. The first-order valence-electron chi connectivity index (χ1n) is 3.96. The number of benzene rings is 1. The fraction of sp³-hybridized carbons (Fsp3) is 0. The molecule has 1 heterocycles. The van der Waals surface area contributed by atoms with Crippen molar-refractivity contribution in [1.82, 2.24) is 0 Å². The zero-order chi connectivity index (χ0) is 10.3.